The van der Waals surface area contributed by atoms with E-state index >= 15 is 0 Å². The molecule has 0 saturated carbocycles. The number of hydrogen-bond donors (Lipinski definition) is 0. The first kappa shape index (κ1) is 24.6. The molecule has 0 saturated heterocycles. The number of para-hydroxylation sites is 1. The molecule has 1 aromatic heterocycles. The highest BCUT2D eigenvalue weighted by Gasteiger charge is 2.43. The van der Waals surface area contributed by atoms with Gasteiger partial charge in [0.15, 0.2) is 16.9 Å². The van der Waals surface area contributed by atoms with Crippen molar-refractivity contribution in [3.05, 3.63) is 105 Å². The molecule has 0 aliphatic carbocycles. The van der Waals surface area contributed by atoms with Gasteiger partial charge in [0.1, 0.15) is 5.58 Å². The highest BCUT2D eigenvalue weighted by Crippen LogP contribution is 2.41. The van der Waals surface area contributed by atoms with Gasteiger partial charge >= 0.3 is 0 Å². The van der Waals surface area contributed by atoms with Gasteiger partial charge in [-0.2, -0.15) is 0 Å². The monoisotopic (exact) mass is 497 g/mol. The largest absolute Gasteiger partial charge is 0.493 e. The molecule has 1 aliphatic rings. The fourth-order valence-corrected chi connectivity index (χ4v) is 4.75. The molecule has 1 unspecified atom stereocenters. The number of carbonyl (C=O) groups excluding carboxylic acids is 1. The summed E-state index contributed by atoms with van der Waals surface area (Å²) in [5, 5.41) is 0.455. The fraction of sp³-hybridized carbons (Fsp3) is 0.290. The Morgan fingerprint density at radius 1 is 0.973 bits per heavy atom. The van der Waals surface area contributed by atoms with Crippen LogP contribution in [-0.4, -0.2) is 24.5 Å². The summed E-state index contributed by atoms with van der Waals surface area (Å²) in [5.74, 6) is 1.50. The predicted molar refractivity (Wildman–Crippen MR) is 143 cm³/mol. The van der Waals surface area contributed by atoms with Crippen LogP contribution in [-0.2, 0) is 6.54 Å². The van der Waals surface area contributed by atoms with E-state index in [0.717, 1.165) is 23.1 Å². The lowest BCUT2D eigenvalue weighted by Crippen LogP contribution is -2.29. The van der Waals surface area contributed by atoms with Crippen LogP contribution in [0.4, 0.5) is 0 Å². The van der Waals surface area contributed by atoms with E-state index in [-0.39, 0.29) is 17.1 Å². The molecule has 0 spiro atoms. The first-order valence-corrected chi connectivity index (χ1v) is 12.6. The highest BCUT2D eigenvalue weighted by atomic mass is 16.5. The van der Waals surface area contributed by atoms with Crippen LogP contribution in [0, 0.1) is 12.8 Å². The second kappa shape index (κ2) is 10.1. The first-order chi connectivity index (χ1) is 17.9. The third-order valence-corrected chi connectivity index (χ3v) is 6.80. The van der Waals surface area contributed by atoms with Gasteiger partial charge in [0.05, 0.1) is 30.7 Å². The van der Waals surface area contributed by atoms with Crippen molar-refractivity contribution in [3.8, 4) is 11.5 Å². The molecule has 2 heterocycles. The van der Waals surface area contributed by atoms with Crippen LogP contribution in [0.5, 0.6) is 11.5 Å². The van der Waals surface area contributed by atoms with Crippen LogP contribution in [0.2, 0.25) is 0 Å². The predicted octanol–water partition coefficient (Wildman–Crippen LogP) is 6.28. The molecule has 4 aromatic rings. The summed E-state index contributed by atoms with van der Waals surface area (Å²) in [6.07, 6.45) is 0.924. The van der Waals surface area contributed by atoms with Crippen molar-refractivity contribution in [1.29, 1.82) is 0 Å². The van der Waals surface area contributed by atoms with Crippen molar-refractivity contribution in [1.82, 2.24) is 4.90 Å². The van der Waals surface area contributed by atoms with E-state index in [1.807, 2.05) is 49.4 Å². The quantitative estimate of drug-likeness (QED) is 0.287. The molecule has 190 valence electrons. The Labute approximate surface area is 216 Å². The maximum Gasteiger partial charge on any atom is 0.291 e. The average Bonchev–Trinajstić information content (AvgIpc) is 3.17. The zero-order valence-corrected chi connectivity index (χ0v) is 21.6. The van der Waals surface area contributed by atoms with Crippen LogP contribution >= 0.6 is 0 Å². The Morgan fingerprint density at radius 2 is 1.73 bits per heavy atom. The molecule has 0 N–H and O–H groups in total. The van der Waals surface area contributed by atoms with Crippen LogP contribution in [0.3, 0.4) is 0 Å². The molecule has 1 aliphatic heterocycles. The maximum atomic E-state index is 13.7. The van der Waals surface area contributed by atoms with E-state index in [0.29, 0.717) is 47.1 Å². The van der Waals surface area contributed by atoms with Crippen molar-refractivity contribution < 1.29 is 18.7 Å². The number of fused-ring (bicyclic) bond motifs is 2. The molecule has 0 fully saturated rings. The SMILES string of the molecule is COc1cc(C2c3c(oc4ccccc4c3=O)C(=O)N2Cc2ccc(C)cc2)ccc1OCCC(C)C. The van der Waals surface area contributed by atoms with Crippen LogP contribution in [0.1, 0.15) is 59.1 Å². The molecule has 3 aromatic carbocycles. The van der Waals surface area contributed by atoms with Crippen molar-refractivity contribution >= 4 is 16.9 Å². The van der Waals surface area contributed by atoms with Gasteiger partial charge in [-0.05, 0) is 54.7 Å². The van der Waals surface area contributed by atoms with E-state index in [4.69, 9.17) is 13.9 Å². The summed E-state index contributed by atoms with van der Waals surface area (Å²) >= 11 is 0. The van der Waals surface area contributed by atoms with Crippen LogP contribution < -0.4 is 14.9 Å². The van der Waals surface area contributed by atoms with Gasteiger partial charge < -0.3 is 18.8 Å². The average molecular weight is 498 g/mol. The van der Waals surface area contributed by atoms with Crippen LogP contribution in [0.15, 0.2) is 75.9 Å². The number of ether oxygens (including phenoxy) is 2. The number of methoxy groups -OCH3 is 1. The molecule has 0 bridgehead atoms. The molecule has 5 rings (SSSR count). The molecular formula is C31H31NO5. The van der Waals surface area contributed by atoms with E-state index < -0.39 is 6.04 Å². The minimum Gasteiger partial charge on any atom is -0.493 e. The summed E-state index contributed by atoms with van der Waals surface area (Å²) in [4.78, 5) is 29.1. The van der Waals surface area contributed by atoms with E-state index in [2.05, 4.69) is 13.8 Å². The van der Waals surface area contributed by atoms with Gasteiger partial charge in [-0.15, -0.1) is 0 Å². The van der Waals surface area contributed by atoms with Crippen molar-refractivity contribution in [2.75, 3.05) is 13.7 Å². The number of hydrogen-bond acceptors (Lipinski definition) is 5. The van der Waals surface area contributed by atoms with Gasteiger partial charge in [0.2, 0.25) is 5.76 Å². The third kappa shape index (κ3) is 4.71. The minimum absolute atomic E-state index is 0.0945. The third-order valence-electron chi connectivity index (χ3n) is 6.80. The van der Waals surface area contributed by atoms with Gasteiger partial charge in [-0.3, -0.25) is 9.59 Å². The summed E-state index contributed by atoms with van der Waals surface area (Å²) in [7, 11) is 1.59. The number of nitrogens with zero attached hydrogens (tertiary/aromatic N) is 1. The molecule has 37 heavy (non-hydrogen) atoms. The van der Waals surface area contributed by atoms with Gasteiger partial charge in [0.25, 0.3) is 5.91 Å². The second-order valence-electron chi connectivity index (χ2n) is 9.93. The number of aryl methyl sites for hydroxylation is 1. The molecular weight excluding hydrogens is 466 g/mol. The summed E-state index contributed by atoms with van der Waals surface area (Å²) in [6.45, 7) is 7.23. The molecule has 6 nitrogen and oxygen atoms in total. The lowest BCUT2D eigenvalue weighted by Gasteiger charge is -2.26. The van der Waals surface area contributed by atoms with E-state index in [1.54, 1.807) is 36.3 Å². The van der Waals surface area contributed by atoms with Crippen molar-refractivity contribution in [3.63, 3.8) is 0 Å². The second-order valence-corrected chi connectivity index (χ2v) is 9.93. The van der Waals surface area contributed by atoms with Crippen molar-refractivity contribution in [2.24, 2.45) is 5.92 Å². The molecule has 6 heteroatoms. The number of carbonyl (C=O) groups is 1. The molecule has 1 amide bonds. The Balaban J connectivity index is 1.62. The lowest BCUT2D eigenvalue weighted by molar-refractivity contribution is 0.0714. The number of benzene rings is 3. The number of rotatable bonds is 8. The Bertz CT molecular complexity index is 1500. The van der Waals surface area contributed by atoms with E-state index in [1.165, 1.54) is 0 Å². The normalized spacial score (nSPS) is 14.9. The summed E-state index contributed by atoms with van der Waals surface area (Å²) in [5.41, 5.74) is 3.42. The maximum absolute atomic E-state index is 13.7. The number of amides is 1. The Morgan fingerprint density at radius 3 is 2.46 bits per heavy atom. The molecule has 1 atom stereocenters. The topological polar surface area (TPSA) is 69.0 Å². The zero-order chi connectivity index (χ0) is 26.1. The van der Waals surface area contributed by atoms with Gasteiger partial charge in [0, 0.05) is 6.54 Å². The van der Waals surface area contributed by atoms with Gasteiger partial charge in [-0.1, -0.05) is 61.9 Å². The molecule has 0 radical (unpaired) electrons. The van der Waals surface area contributed by atoms with Gasteiger partial charge in [-0.25, -0.2) is 0 Å². The van der Waals surface area contributed by atoms with Crippen LogP contribution in [0.25, 0.3) is 11.0 Å². The zero-order valence-electron chi connectivity index (χ0n) is 21.6. The summed E-state index contributed by atoms with van der Waals surface area (Å²) < 4.78 is 17.7. The van der Waals surface area contributed by atoms with E-state index in [9.17, 15) is 9.59 Å². The minimum atomic E-state index is -0.622. The first-order valence-electron chi connectivity index (χ1n) is 12.6. The highest BCUT2D eigenvalue weighted by molar-refractivity contribution is 5.99. The standard InChI is InChI=1S/C31H31NO5/c1-19(2)15-16-36-25-14-13-22(17-26(25)35-4)28-27-29(33)23-7-5-6-8-24(23)37-30(27)31(34)32(28)18-21-11-9-20(3)10-12-21/h5-14,17,19,28H,15-16,18H2,1-4H3. The Hall–Kier alpha value is -4.06. The Kier molecular flexibility index (Phi) is 6.74. The summed E-state index contributed by atoms with van der Waals surface area (Å²) in [6, 6.07) is 20.1. The smallest absolute Gasteiger partial charge is 0.291 e. The van der Waals surface area contributed by atoms with Crippen molar-refractivity contribution in [2.45, 2.75) is 39.8 Å². The lowest BCUT2D eigenvalue weighted by atomic mass is 9.97. The fourth-order valence-electron chi connectivity index (χ4n) is 4.75.